The molecule has 0 fully saturated rings. The molecule has 4 heteroatoms. The fraction of sp³-hybridized carbons (Fsp3) is 0.368. The van der Waals surface area contributed by atoms with Crippen LogP contribution in [0.25, 0.3) is 11.3 Å². The molecule has 2 aromatic rings. The summed E-state index contributed by atoms with van der Waals surface area (Å²) in [6.07, 6.45) is 0.554. The number of aliphatic hydroxyl groups excluding tert-OH is 1. The van der Waals surface area contributed by atoms with Gasteiger partial charge in [0.15, 0.2) is 0 Å². The molecule has 0 bridgehead atoms. The molecule has 0 saturated carbocycles. The van der Waals surface area contributed by atoms with Crippen LogP contribution in [0.5, 0.6) is 0 Å². The van der Waals surface area contributed by atoms with Gasteiger partial charge in [-0.1, -0.05) is 44.2 Å². The smallest absolute Gasteiger partial charge is 0.253 e. The summed E-state index contributed by atoms with van der Waals surface area (Å²) in [6.45, 7) is 5.97. The third kappa shape index (κ3) is 4.39. The second kappa shape index (κ2) is 7.88. The fourth-order valence-corrected chi connectivity index (χ4v) is 2.53. The maximum atomic E-state index is 12.5. The summed E-state index contributed by atoms with van der Waals surface area (Å²) < 4.78 is 0. The van der Waals surface area contributed by atoms with E-state index in [1.807, 2.05) is 63.2 Å². The van der Waals surface area contributed by atoms with Crippen molar-refractivity contribution in [3.63, 3.8) is 0 Å². The van der Waals surface area contributed by atoms with Crippen molar-refractivity contribution in [2.75, 3.05) is 6.61 Å². The highest BCUT2D eigenvalue weighted by molar-refractivity contribution is 5.95. The summed E-state index contributed by atoms with van der Waals surface area (Å²) in [5.74, 6) is 0.129. The Morgan fingerprint density at radius 3 is 2.43 bits per heavy atom. The van der Waals surface area contributed by atoms with Crippen molar-refractivity contribution in [3.8, 4) is 11.3 Å². The van der Waals surface area contributed by atoms with E-state index in [1.54, 1.807) is 0 Å². The Labute approximate surface area is 137 Å². The average Bonchev–Trinajstić information content (AvgIpc) is 2.55. The first kappa shape index (κ1) is 17.2. The molecule has 0 spiro atoms. The summed E-state index contributed by atoms with van der Waals surface area (Å²) in [6, 6.07) is 13.5. The molecule has 0 aliphatic heterocycles. The van der Waals surface area contributed by atoms with Crippen LogP contribution < -0.4 is 5.32 Å². The van der Waals surface area contributed by atoms with Crippen LogP contribution in [0.15, 0.2) is 42.5 Å². The molecule has 0 aliphatic carbocycles. The number of benzene rings is 1. The minimum atomic E-state index is -0.137. The molecule has 1 aromatic heterocycles. The lowest BCUT2D eigenvalue weighted by Crippen LogP contribution is -2.39. The van der Waals surface area contributed by atoms with Gasteiger partial charge in [-0.3, -0.25) is 9.78 Å². The number of nitrogens with zero attached hydrogens (tertiary/aromatic N) is 1. The van der Waals surface area contributed by atoms with Crippen molar-refractivity contribution < 1.29 is 9.90 Å². The van der Waals surface area contributed by atoms with Crippen molar-refractivity contribution in [1.29, 1.82) is 0 Å². The zero-order valence-electron chi connectivity index (χ0n) is 13.9. The summed E-state index contributed by atoms with van der Waals surface area (Å²) >= 11 is 0. The number of carbonyl (C=O) groups excluding carboxylic acids is 1. The maximum absolute atomic E-state index is 12.5. The molecule has 122 valence electrons. The van der Waals surface area contributed by atoms with Gasteiger partial charge in [0, 0.05) is 18.2 Å². The lowest BCUT2D eigenvalue weighted by molar-refractivity contribution is 0.0915. The van der Waals surface area contributed by atoms with Crippen LogP contribution in [0.3, 0.4) is 0 Å². The second-order valence-corrected chi connectivity index (χ2v) is 6.03. The van der Waals surface area contributed by atoms with Gasteiger partial charge in [0.05, 0.1) is 17.0 Å². The van der Waals surface area contributed by atoms with E-state index >= 15 is 0 Å². The van der Waals surface area contributed by atoms with E-state index in [2.05, 4.69) is 10.3 Å². The van der Waals surface area contributed by atoms with Crippen LogP contribution in [0.4, 0.5) is 0 Å². The van der Waals surface area contributed by atoms with E-state index in [-0.39, 0.29) is 24.5 Å². The number of amides is 1. The van der Waals surface area contributed by atoms with Crippen LogP contribution in [0.1, 0.15) is 36.3 Å². The van der Waals surface area contributed by atoms with Crippen molar-refractivity contribution in [3.05, 3.63) is 53.7 Å². The van der Waals surface area contributed by atoms with Gasteiger partial charge >= 0.3 is 0 Å². The minimum Gasteiger partial charge on any atom is -0.396 e. The van der Waals surface area contributed by atoms with Gasteiger partial charge in [0.2, 0.25) is 0 Å². The van der Waals surface area contributed by atoms with E-state index in [0.29, 0.717) is 17.7 Å². The number of pyridine rings is 1. The summed E-state index contributed by atoms with van der Waals surface area (Å²) in [5, 5.41) is 12.1. The normalized spacial score (nSPS) is 12.2. The van der Waals surface area contributed by atoms with E-state index < -0.39 is 0 Å². The van der Waals surface area contributed by atoms with Gasteiger partial charge in [-0.05, 0) is 31.4 Å². The Bertz CT molecular complexity index is 654. The van der Waals surface area contributed by atoms with Crippen molar-refractivity contribution in [1.82, 2.24) is 10.3 Å². The zero-order chi connectivity index (χ0) is 16.8. The quantitative estimate of drug-likeness (QED) is 0.861. The van der Waals surface area contributed by atoms with Gasteiger partial charge in [-0.2, -0.15) is 0 Å². The third-order valence-corrected chi connectivity index (χ3v) is 3.96. The molecule has 1 atom stereocenters. The van der Waals surface area contributed by atoms with Crippen molar-refractivity contribution in [2.24, 2.45) is 5.92 Å². The molecule has 2 rings (SSSR count). The number of hydrogen-bond donors (Lipinski definition) is 2. The monoisotopic (exact) mass is 312 g/mol. The van der Waals surface area contributed by atoms with Gasteiger partial charge in [0.1, 0.15) is 0 Å². The number of hydrogen-bond acceptors (Lipinski definition) is 3. The predicted molar refractivity (Wildman–Crippen MR) is 92.2 cm³/mol. The first-order valence-corrected chi connectivity index (χ1v) is 7.97. The zero-order valence-corrected chi connectivity index (χ0v) is 13.9. The van der Waals surface area contributed by atoms with E-state index in [1.165, 1.54) is 0 Å². The minimum absolute atomic E-state index is 0.0410. The van der Waals surface area contributed by atoms with Crippen LogP contribution in [-0.2, 0) is 0 Å². The van der Waals surface area contributed by atoms with Crippen molar-refractivity contribution >= 4 is 5.91 Å². The molecule has 1 heterocycles. The highest BCUT2D eigenvalue weighted by Crippen LogP contribution is 2.19. The second-order valence-electron chi connectivity index (χ2n) is 6.03. The SMILES string of the molecule is Cc1nc(-c2ccccc2)ccc1C(=O)NC(CCO)C(C)C. The van der Waals surface area contributed by atoms with Crippen LogP contribution in [0, 0.1) is 12.8 Å². The molecule has 23 heavy (non-hydrogen) atoms. The van der Waals surface area contributed by atoms with Gasteiger partial charge in [-0.15, -0.1) is 0 Å². The molecule has 0 saturated heterocycles. The third-order valence-electron chi connectivity index (χ3n) is 3.96. The largest absolute Gasteiger partial charge is 0.396 e. The fourth-order valence-electron chi connectivity index (χ4n) is 2.53. The first-order valence-electron chi connectivity index (χ1n) is 7.97. The molecule has 1 unspecified atom stereocenters. The molecule has 0 aliphatic rings. The number of aliphatic hydroxyl groups is 1. The van der Waals surface area contributed by atoms with E-state index in [4.69, 9.17) is 5.11 Å². The standard InChI is InChI=1S/C19H24N2O2/c1-13(2)17(11-12-22)21-19(23)16-9-10-18(20-14(16)3)15-7-5-4-6-8-15/h4-10,13,17,22H,11-12H2,1-3H3,(H,21,23). The summed E-state index contributed by atoms with van der Waals surface area (Å²) in [5.41, 5.74) is 3.17. The number of nitrogens with one attached hydrogen (secondary N) is 1. The number of aryl methyl sites for hydroxylation is 1. The molecule has 2 N–H and O–H groups in total. The topological polar surface area (TPSA) is 62.2 Å². The number of aromatic nitrogens is 1. The Balaban J connectivity index is 2.19. The molecular formula is C19H24N2O2. The highest BCUT2D eigenvalue weighted by atomic mass is 16.3. The van der Waals surface area contributed by atoms with Crippen LogP contribution in [-0.4, -0.2) is 28.6 Å². The molecule has 1 amide bonds. The van der Waals surface area contributed by atoms with Crippen LogP contribution in [0.2, 0.25) is 0 Å². The Morgan fingerprint density at radius 2 is 1.87 bits per heavy atom. The Hall–Kier alpha value is -2.20. The lowest BCUT2D eigenvalue weighted by Gasteiger charge is -2.22. The lowest BCUT2D eigenvalue weighted by atomic mass is 10.0. The van der Waals surface area contributed by atoms with E-state index in [0.717, 1.165) is 11.3 Å². The molecule has 0 radical (unpaired) electrons. The maximum Gasteiger partial charge on any atom is 0.253 e. The molecule has 1 aromatic carbocycles. The summed E-state index contributed by atoms with van der Waals surface area (Å²) in [4.78, 5) is 17.0. The first-order chi connectivity index (χ1) is 11.0. The number of carbonyl (C=O) groups is 1. The Kier molecular flexibility index (Phi) is 5.88. The van der Waals surface area contributed by atoms with Gasteiger partial charge in [-0.25, -0.2) is 0 Å². The molecule has 4 nitrogen and oxygen atoms in total. The Morgan fingerprint density at radius 1 is 1.17 bits per heavy atom. The van der Waals surface area contributed by atoms with Crippen LogP contribution >= 0.6 is 0 Å². The van der Waals surface area contributed by atoms with Gasteiger partial charge in [0.25, 0.3) is 5.91 Å². The van der Waals surface area contributed by atoms with Crippen molar-refractivity contribution in [2.45, 2.75) is 33.2 Å². The van der Waals surface area contributed by atoms with Gasteiger partial charge < -0.3 is 10.4 Å². The molecular weight excluding hydrogens is 288 g/mol. The number of rotatable bonds is 6. The summed E-state index contributed by atoms with van der Waals surface area (Å²) in [7, 11) is 0. The average molecular weight is 312 g/mol. The predicted octanol–water partition coefficient (Wildman–Crippen LogP) is 3.19. The van der Waals surface area contributed by atoms with E-state index in [9.17, 15) is 4.79 Å². The highest BCUT2D eigenvalue weighted by Gasteiger charge is 2.18.